The van der Waals surface area contributed by atoms with Crippen molar-refractivity contribution in [2.45, 2.75) is 37.5 Å². The van der Waals surface area contributed by atoms with Gasteiger partial charge in [0.25, 0.3) is 5.91 Å². The summed E-state index contributed by atoms with van der Waals surface area (Å²) >= 11 is 0. The van der Waals surface area contributed by atoms with Crippen molar-refractivity contribution < 1.29 is 50.5 Å². The van der Waals surface area contributed by atoms with Crippen LogP contribution >= 0.6 is 12.4 Å². The molecular weight excluding hydrogens is 512 g/mol. The Balaban J connectivity index is 0.00000131. The Morgan fingerprint density at radius 1 is 1.16 bits per heavy atom. The lowest BCUT2D eigenvalue weighted by Gasteiger charge is -2.53. The van der Waals surface area contributed by atoms with Crippen LogP contribution in [0.15, 0.2) is 35.1 Å². The largest absolute Gasteiger partial charge is 0.508 e. The molecule has 1 fully saturated rings. The standard InChI is InChI=1S/C22H24N2O8.C2H6O.ClH.H2O/c1-7-8-5-4-6-9(25)11(8)16(26)12-10(7)17(27)14-15(24(2)3)18(28)13(21(23)31)20(30)22(14,32)19(12)29;1-2-3;;/h4-7,10,14-15,17,25-27,30,32H,1-3H3,(H2,23,31);3H,2H2,1H3;1H;1H2/t7-,10?,14?,15-,17-,22-;;;/m0.../s1. The summed E-state index contributed by atoms with van der Waals surface area (Å²) in [6, 6.07) is 3.13. The number of carbonyl (C=O) groups is 3. The van der Waals surface area contributed by atoms with Gasteiger partial charge in [0.15, 0.2) is 11.4 Å². The molecule has 0 heterocycles. The molecule has 6 atom stereocenters. The zero-order chi connectivity index (χ0) is 26.6. The van der Waals surface area contributed by atoms with Gasteiger partial charge in [-0.15, -0.1) is 12.4 Å². The fourth-order valence-electron chi connectivity index (χ4n) is 5.58. The smallest absolute Gasteiger partial charge is 0.255 e. The van der Waals surface area contributed by atoms with Crippen molar-refractivity contribution in [2.75, 3.05) is 20.7 Å². The van der Waals surface area contributed by atoms with Gasteiger partial charge in [0.05, 0.1) is 23.6 Å². The Kier molecular flexibility index (Phi) is 9.67. The number of fused-ring (bicyclic) bond motifs is 3. The average Bonchev–Trinajstić information content (AvgIpc) is 2.76. The van der Waals surface area contributed by atoms with Gasteiger partial charge < -0.3 is 41.8 Å². The number of benzene rings is 1. The number of phenolic OH excluding ortho intramolecular Hbond substituents is 1. The Hall–Kier alpha value is -3.00. The van der Waals surface area contributed by atoms with Gasteiger partial charge >= 0.3 is 0 Å². The van der Waals surface area contributed by atoms with Gasteiger partial charge in [0, 0.05) is 18.1 Å². The second kappa shape index (κ2) is 11.2. The number of likely N-dealkylation sites (N-methyl/N-ethyl adjacent to an activating group) is 1. The molecule has 1 amide bonds. The summed E-state index contributed by atoms with van der Waals surface area (Å²) in [6.07, 6.45) is -1.59. The molecule has 206 valence electrons. The minimum absolute atomic E-state index is 0. The SMILES string of the molecule is CCO.C[C@H]1c2cccc(O)c2C(O)=C2C(=O)[C@]3(O)C(O)=C(C(N)=O)C(=O)[C@@H](N(C)C)C3[C@@H](O)C21.Cl.O. The van der Waals surface area contributed by atoms with Gasteiger partial charge in [-0.05, 0) is 38.6 Å². The number of rotatable bonds is 2. The lowest BCUT2D eigenvalue weighted by Crippen LogP contribution is -2.70. The Labute approximate surface area is 219 Å². The van der Waals surface area contributed by atoms with Crippen molar-refractivity contribution in [1.82, 2.24) is 4.90 Å². The molecule has 2 unspecified atom stereocenters. The fourth-order valence-corrected chi connectivity index (χ4v) is 5.58. The summed E-state index contributed by atoms with van der Waals surface area (Å²) in [5.74, 6) is -8.87. The van der Waals surface area contributed by atoms with Crippen molar-refractivity contribution in [3.8, 4) is 5.75 Å². The van der Waals surface area contributed by atoms with Gasteiger partial charge in [-0.25, -0.2) is 0 Å². The number of ketones is 2. The molecule has 13 heteroatoms. The summed E-state index contributed by atoms with van der Waals surface area (Å²) in [4.78, 5) is 40.0. The number of Topliss-reactive ketones (excluding diaryl/α,β-unsaturated/α-hetero) is 2. The van der Waals surface area contributed by atoms with E-state index in [4.69, 9.17) is 10.8 Å². The number of hydrogen-bond donors (Lipinski definition) is 7. The second-order valence-corrected chi connectivity index (χ2v) is 9.11. The van der Waals surface area contributed by atoms with Gasteiger partial charge in [-0.2, -0.15) is 0 Å². The van der Waals surface area contributed by atoms with Gasteiger partial charge in [-0.1, -0.05) is 19.1 Å². The van der Waals surface area contributed by atoms with E-state index < -0.39 is 75.6 Å². The van der Waals surface area contributed by atoms with Crippen LogP contribution in [0.5, 0.6) is 5.75 Å². The Morgan fingerprint density at radius 2 is 1.70 bits per heavy atom. The van der Waals surface area contributed by atoms with E-state index in [0.717, 1.165) is 0 Å². The van der Waals surface area contributed by atoms with Crippen LogP contribution < -0.4 is 5.73 Å². The maximum atomic E-state index is 13.7. The average molecular weight is 545 g/mol. The normalized spacial score (nSPS) is 30.2. The third kappa shape index (κ3) is 4.39. The minimum atomic E-state index is -2.89. The predicted molar refractivity (Wildman–Crippen MR) is 134 cm³/mol. The van der Waals surface area contributed by atoms with Crippen LogP contribution in [0.2, 0.25) is 0 Å². The van der Waals surface area contributed by atoms with Crippen LogP contribution in [-0.2, 0) is 14.4 Å². The molecule has 1 saturated carbocycles. The topological polar surface area (TPSA) is 233 Å². The van der Waals surface area contributed by atoms with E-state index in [0.29, 0.717) is 5.56 Å². The van der Waals surface area contributed by atoms with Crippen molar-refractivity contribution in [3.05, 3.63) is 46.2 Å². The summed E-state index contributed by atoms with van der Waals surface area (Å²) in [6.45, 7) is 3.61. The third-order valence-electron chi connectivity index (χ3n) is 6.99. The van der Waals surface area contributed by atoms with Crippen LogP contribution in [0.3, 0.4) is 0 Å². The number of aromatic hydroxyl groups is 1. The first kappa shape index (κ1) is 32.0. The highest BCUT2D eigenvalue weighted by Gasteiger charge is 2.68. The second-order valence-electron chi connectivity index (χ2n) is 9.11. The molecule has 0 aliphatic heterocycles. The number of nitrogens with zero attached hydrogens (tertiary/aromatic N) is 1. The first-order chi connectivity index (χ1) is 16.3. The van der Waals surface area contributed by atoms with Crippen molar-refractivity contribution >= 4 is 35.6 Å². The van der Waals surface area contributed by atoms with Crippen LogP contribution in [0.1, 0.15) is 30.9 Å². The van der Waals surface area contributed by atoms with E-state index in [-0.39, 0.29) is 35.8 Å². The molecule has 1 aromatic rings. The number of amides is 1. The predicted octanol–water partition coefficient (Wildman–Crippen LogP) is -0.908. The molecule has 0 bridgehead atoms. The first-order valence-corrected chi connectivity index (χ1v) is 11.0. The number of phenols is 1. The highest BCUT2D eigenvalue weighted by atomic mass is 35.5. The zero-order valence-electron chi connectivity index (χ0n) is 20.7. The van der Waals surface area contributed by atoms with Crippen LogP contribution in [0.4, 0.5) is 0 Å². The van der Waals surface area contributed by atoms with E-state index >= 15 is 0 Å². The molecule has 3 aliphatic rings. The number of hydrogen-bond acceptors (Lipinski definition) is 10. The summed E-state index contributed by atoms with van der Waals surface area (Å²) in [5.41, 5.74) is 1.47. The number of halogens is 1. The van der Waals surface area contributed by atoms with Crippen LogP contribution in [0, 0.1) is 11.8 Å². The van der Waals surface area contributed by atoms with Crippen LogP contribution in [-0.4, -0.2) is 96.9 Å². The lowest BCUT2D eigenvalue weighted by atomic mass is 9.54. The summed E-state index contributed by atoms with van der Waals surface area (Å²) < 4.78 is 0. The molecule has 4 rings (SSSR count). The molecule has 12 nitrogen and oxygen atoms in total. The van der Waals surface area contributed by atoms with E-state index in [1.807, 2.05) is 0 Å². The number of aliphatic hydroxyl groups is 5. The third-order valence-corrected chi connectivity index (χ3v) is 6.99. The maximum absolute atomic E-state index is 13.7. The Bertz CT molecular complexity index is 1160. The number of carbonyl (C=O) groups excluding carboxylic acids is 3. The lowest BCUT2D eigenvalue weighted by molar-refractivity contribution is -0.169. The fraction of sp³-hybridized carbons (Fsp3) is 0.458. The minimum Gasteiger partial charge on any atom is -0.508 e. The zero-order valence-corrected chi connectivity index (χ0v) is 21.5. The molecule has 3 aliphatic carbocycles. The monoisotopic (exact) mass is 544 g/mol. The quantitative estimate of drug-likeness (QED) is 0.226. The van der Waals surface area contributed by atoms with Crippen molar-refractivity contribution in [2.24, 2.45) is 17.6 Å². The molecular formula is C24H33ClN2O10. The molecule has 1 aromatic carbocycles. The van der Waals surface area contributed by atoms with Crippen LogP contribution in [0.25, 0.3) is 5.76 Å². The van der Waals surface area contributed by atoms with E-state index in [1.54, 1.807) is 26.0 Å². The molecule has 0 aromatic heterocycles. The van der Waals surface area contributed by atoms with Crippen molar-refractivity contribution in [1.29, 1.82) is 0 Å². The van der Waals surface area contributed by atoms with E-state index in [1.165, 1.54) is 25.1 Å². The molecule has 10 N–H and O–H groups in total. The van der Waals surface area contributed by atoms with Gasteiger partial charge in [0.1, 0.15) is 22.8 Å². The van der Waals surface area contributed by atoms with Gasteiger partial charge in [0.2, 0.25) is 5.78 Å². The van der Waals surface area contributed by atoms with E-state index in [9.17, 15) is 39.9 Å². The number of primary amides is 1. The maximum Gasteiger partial charge on any atom is 0.255 e. The van der Waals surface area contributed by atoms with Crippen molar-refractivity contribution in [3.63, 3.8) is 0 Å². The molecule has 0 saturated heterocycles. The molecule has 0 spiro atoms. The van der Waals surface area contributed by atoms with E-state index in [2.05, 4.69) is 0 Å². The Morgan fingerprint density at radius 3 is 2.19 bits per heavy atom. The summed E-state index contributed by atoms with van der Waals surface area (Å²) in [5, 5.41) is 62.5. The molecule has 37 heavy (non-hydrogen) atoms. The summed E-state index contributed by atoms with van der Waals surface area (Å²) in [7, 11) is 2.92. The number of aliphatic hydroxyl groups excluding tert-OH is 4. The highest BCUT2D eigenvalue weighted by Crippen LogP contribution is 2.55. The van der Waals surface area contributed by atoms with Gasteiger partial charge in [-0.3, -0.25) is 19.3 Å². The highest BCUT2D eigenvalue weighted by molar-refractivity contribution is 6.24. The number of nitrogens with two attached hydrogens (primary N) is 1. The first-order valence-electron chi connectivity index (χ1n) is 11.0. The molecule has 0 radical (unpaired) electrons.